The molecular weight excluding hydrogens is 311 g/mol. The highest BCUT2D eigenvalue weighted by Gasteiger charge is 2.14. The van der Waals surface area contributed by atoms with E-state index in [2.05, 4.69) is 15.6 Å². The van der Waals surface area contributed by atoms with Crippen molar-refractivity contribution in [2.24, 2.45) is 12.1 Å². The molecule has 0 radical (unpaired) electrons. The van der Waals surface area contributed by atoms with Crippen LogP contribution >= 0.6 is 0 Å². The molecule has 3 rings (SSSR count). The number of nitrogens with zero attached hydrogens (tertiary/aromatic N) is 3. The van der Waals surface area contributed by atoms with Crippen LogP contribution in [0.15, 0.2) is 58.4 Å². The van der Waals surface area contributed by atoms with Crippen LogP contribution < -0.4 is 11.0 Å². The summed E-state index contributed by atoms with van der Waals surface area (Å²) in [7, 11) is 1.47. The molecule has 0 saturated carbocycles. The Morgan fingerprint density at radius 1 is 1.17 bits per heavy atom. The van der Waals surface area contributed by atoms with Gasteiger partial charge in [-0.15, -0.1) is 0 Å². The van der Waals surface area contributed by atoms with Gasteiger partial charge in [0.25, 0.3) is 11.5 Å². The third-order valence-corrected chi connectivity index (χ3v) is 3.45. The first-order valence-corrected chi connectivity index (χ1v) is 7.12. The standard InChI is InChI=1S/C17H13FN4O2/c1-22-17(24)13-8-4-3-7-12(13)15(21-22)16(23)20-19-10-11-6-2-5-9-14(11)18/h2-10H,1H3,(H,20,23)/b19-10+. The Balaban J connectivity index is 1.91. The summed E-state index contributed by atoms with van der Waals surface area (Å²) in [4.78, 5) is 24.3. The predicted octanol–water partition coefficient (Wildman–Crippen LogP) is 1.84. The van der Waals surface area contributed by atoms with Crippen LogP contribution in [-0.2, 0) is 7.05 Å². The van der Waals surface area contributed by atoms with E-state index in [1.54, 1.807) is 36.4 Å². The Morgan fingerprint density at radius 2 is 1.83 bits per heavy atom. The van der Waals surface area contributed by atoms with Gasteiger partial charge >= 0.3 is 0 Å². The minimum absolute atomic E-state index is 0.0679. The van der Waals surface area contributed by atoms with Gasteiger partial charge in [0.1, 0.15) is 5.82 Å². The van der Waals surface area contributed by atoms with Crippen molar-refractivity contribution in [3.63, 3.8) is 0 Å². The summed E-state index contributed by atoms with van der Waals surface area (Å²) < 4.78 is 14.6. The lowest BCUT2D eigenvalue weighted by atomic mass is 10.1. The van der Waals surface area contributed by atoms with Crippen molar-refractivity contribution in [3.8, 4) is 0 Å². The van der Waals surface area contributed by atoms with Gasteiger partial charge in [-0.3, -0.25) is 9.59 Å². The Labute approximate surface area is 136 Å². The average molecular weight is 324 g/mol. The summed E-state index contributed by atoms with van der Waals surface area (Å²) in [6, 6.07) is 12.7. The molecule has 0 atom stereocenters. The molecule has 1 heterocycles. The first-order valence-electron chi connectivity index (χ1n) is 7.12. The van der Waals surface area contributed by atoms with E-state index in [-0.39, 0.29) is 16.8 Å². The summed E-state index contributed by atoms with van der Waals surface area (Å²) in [5, 5.41) is 8.55. The number of halogens is 1. The topological polar surface area (TPSA) is 76.3 Å². The van der Waals surface area contributed by atoms with Crippen molar-refractivity contribution in [1.82, 2.24) is 15.2 Å². The van der Waals surface area contributed by atoms with Crippen molar-refractivity contribution in [2.45, 2.75) is 0 Å². The van der Waals surface area contributed by atoms with Gasteiger partial charge in [0.2, 0.25) is 0 Å². The van der Waals surface area contributed by atoms with Gasteiger partial charge in [-0.1, -0.05) is 36.4 Å². The molecule has 3 aromatic rings. The lowest BCUT2D eigenvalue weighted by Crippen LogP contribution is -2.27. The van der Waals surface area contributed by atoms with E-state index in [0.29, 0.717) is 10.8 Å². The van der Waals surface area contributed by atoms with Crippen LogP contribution in [0.1, 0.15) is 16.1 Å². The molecule has 1 N–H and O–H groups in total. The van der Waals surface area contributed by atoms with E-state index < -0.39 is 11.7 Å². The molecule has 7 heteroatoms. The number of carbonyl (C=O) groups excluding carboxylic acids is 1. The van der Waals surface area contributed by atoms with Crippen LogP contribution in [0.5, 0.6) is 0 Å². The molecule has 0 aliphatic heterocycles. The van der Waals surface area contributed by atoms with Crippen molar-refractivity contribution in [3.05, 3.63) is 76.0 Å². The third-order valence-electron chi connectivity index (χ3n) is 3.45. The Hall–Kier alpha value is -3.35. The summed E-state index contributed by atoms with van der Waals surface area (Å²) in [5.41, 5.74) is 2.32. The Kier molecular flexibility index (Phi) is 4.15. The molecule has 0 spiro atoms. The van der Waals surface area contributed by atoms with Gasteiger partial charge in [0.05, 0.1) is 11.6 Å². The van der Waals surface area contributed by atoms with E-state index in [9.17, 15) is 14.0 Å². The minimum Gasteiger partial charge on any atom is -0.267 e. The molecule has 1 amide bonds. The van der Waals surface area contributed by atoms with Crippen molar-refractivity contribution in [1.29, 1.82) is 0 Å². The number of benzene rings is 2. The number of amides is 1. The molecule has 0 bridgehead atoms. The normalized spacial score (nSPS) is 11.1. The second kappa shape index (κ2) is 6.41. The fourth-order valence-corrected chi connectivity index (χ4v) is 2.26. The smallest absolute Gasteiger partial charge is 0.267 e. The summed E-state index contributed by atoms with van der Waals surface area (Å²) in [6.45, 7) is 0. The van der Waals surface area contributed by atoms with Crippen LogP contribution in [0.3, 0.4) is 0 Å². The maximum absolute atomic E-state index is 13.5. The number of rotatable bonds is 3. The summed E-state index contributed by atoms with van der Waals surface area (Å²) >= 11 is 0. The Morgan fingerprint density at radius 3 is 2.58 bits per heavy atom. The van der Waals surface area contributed by atoms with Gasteiger partial charge in [-0.2, -0.15) is 10.2 Å². The number of hydrazone groups is 1. The van der Waals surface area contributed by atoms with Crippen LogP contribution in [0, 0.1) is 5.82 Å². The summed E-state index contributed by atoms with van der Waals surface area (Å²) in [6.07, 6.45) is 1.21. The quantitative estimate of drug-likeness (QED) is 0.590. The first kappa shape index (κ1) is 15.5. The van der Waals surface area contributed by atoms with E-state index in [1.807, 2.05) is 0 Å². The average Bonchev–Trinajstić information content (AvgIpc) is 2.59. The Bertz CT molecular complexity index is 1010. The number of fused-ring (bicyclic) bond motifs is 1. The van der Waals surface area contributed by atoms with E-state index in [1.165, 1.54) is 25.4 Å². The fourth-order valence-electron chi connectivity index (χ4n) is 2.26. The van der Waals surface area contributed by atoms with Crippen molar-refractivity contribution >= 4 is 22.9 Å². The number of hydrogen-bond donors (Lipinski definition) is 1. The lowest BCUT2D eigenvalue weighted by Gasteiger charge is -2.06. The van der Waals surface area contributed by atoms with Gasteiger partial charge in [-0.05, 0) is 12.1 Å². The maximum atomic E-state index is 13.5. The molecule has 6 nitrogen and oxygen atoms in total. The van der Waals surface area contributed by atoms with Crippen molar-refractivity contribution < 1.29 is 9.18 Å². The number of nitrogens with one attached hydrogen (secondary N) is 1. The lowest BCUT2D eigenvalue weighted by molar-refractivity contribution is 0.0950. The van der Waals surface area contributed by atoms with E-state index in [0.717, 1.165) is 4.68 Å². The fraction of sp³-hybridized carbons (Fsp3) is 0.0588. The van der Waals surface area contributed by atoms with Gasteiger partial charge in [-0.25, -0.2) is 14.5 Å². The van der Waals surface area contributed by atoms with Gasteiger partial charge < -0.3 is 0 Å². The van der Waals surface area contributed by atoms with E-state index >= 15 is 0 Å². The SMILES string of the molecule is Cn1nc(C(=O)N/N=C/c2ccccc2F)c2ccccc2c1=O. The van der Waals surface area contributed by atoms with Crippen LogP contribution in [0.25, 0.3) is 10.8 Å². The monoisotopic (exact) mass is 324 g/mol. The molecule has 2 aromatic carbocycles. The number of aryl methyl sites for hydroxylation is 1. The largest absolute Gasteiger partial charge is 0.292 e. The molecule has 0 fully saturated rings. The van der Waals surface area contributed by atoms with Crippen molar-refractivity contribution in [2.75, 3.05) is 0 Å². The molecule has 1 aromatic heterocycles. The highest BCUT2D eigenvalue weighted by Crippen LogP contribution is 2.12. The number of carbonyl (C=O) groups is 1. The molecule has 0 saturated heterocycles. The van der Waals surface area contributed by atoms with Crippen LogP contribution in [0.2, 0.25) is 0 Å². The molecular formula is C17H13FN4O2. The number of aromatic nitrogens is 2. The first-order chi connectivity index (χ1) is 11.6. The zero-order valence-corrected chi connectivity index (χ0v) is 12.7. The van der Waals surface area contributed by atoms with Crippen LogP contribution in [0.4, 0.5) is 4.39 Å². The molecule has 120 valence electrons. The molecule has 0 aliphatic carbocycles. The highest BCUT2D eigenvalue weighted by atomic mass is 19.1. The molecule has 0 unspecified atom stereocenters. The predicted molar refractivity (Wildman–Crippen MR) is 88.4 cm³/mol. The van der Waals surface area contributed by atoms with Gasteiger partial charge in [0.15, 0.2) is 5.69 Å². The molecule has 24 heavy (non-hydrogen) atoms. The second-order valence-corrected chi connectivity index (χ2v) is 5.04. The number of hydrogen-bond acceptors (Lipinski definition) is 4. The minimum atomic E-state index is -0.589. The van der Waals surface area contributed by atoms with Gasteiger partial charge in [0, 0.05) is 18.0 Å². The third kappa shape index (κ3) is 2.91. The zero-order valence-electron chi connectivity index (χ0n) is 12.7. The van der Waals surface area contributed by atoms with Crippen LogP contribution in [-0.4, -0.2) is 21.9 Å². The second-order valence-electron chi connectivity index (χ2n) is 5.04. The van der Waals surface area contributed by atoms with E-state index in [4.69, 9.17) is 0 Å². The maximum Gasteiger partial charge on any atom is 0.292 e. The zero-order chi connectivity index (χ0) is 17.1. The summed E-state index contributed by atoms with van der Waals surface area (Å²) in [5.74, 6) is -1.03. The molecule has 0 aliphatic rings. The highest BCUT2D eigenvalue weighted by molar-refractivity contribution is 6.04.